The lowest BCUT2D eigenvalue weighted by molar-refractivity contribution is -0.260. The molecule has 0 aromatic rings. The average molecular weight is 429 g/mol. The van der Waals surface area contributed by atoms with Crippen LogP contribution in [-0.4, -0.2) is 16.5 Å². The summed E-state index contributed by atoms with van der Waals surface area (Å²) in [5.74, 6) is 2.83. The number of rotatable bonds is 0. The van der Waals surface area contributed by atoms with Crippen molar-refractivity contribution in [3.63, 3.8) is 0 Å². The van der Waals surface area contributed by atoms with Crippen molar-refractivity contribution in [2.24, 2.45) is 50.7 Å². The number of Topliss-reactive ketones (excluding diaryl/α,β-unsaturated/α-hetero) is 1. The van der Waals surface area contributed by atoms with Crippen LogP contribution < -0.4 is 0 Å². The van der Waals surface area contributed by atoms with E-state index in [9.17, 15) is 9.90 Å². The highest BCUT2D eigenvalue weighted by molar-refractivity contribution is 5.82. The molecule has 0 amide bonds. The van der Waals surface area contributed by atoms with Crippen molar-refractivity contribution in [2.75, 3.05) is 0 Å². The van der Waals surface area contributed by atoms with Gasteiger partial charge in [0.05, 0.1) is 5.60 Å². The molecule has 2 nitrogen and oxygen atoms in total. The van der Waals surface area contributed by atoms with Gasteiger partial charge in [-0.25, -0.2) is 0 Å². The van der Waals surface area contributed by atoms with Crippen molar-refractivity contribution in [2.45, 2.75) is 125 Å². The third-order valence-corrected chi connectivity index (χ3v) is 13.5. The standard InChI is InChI=1S/C29H48O2/c1-19-20(30)8-9-21-26(19,4)11-10-22-27(21,5)15-17-29(7)23-18-25(3,31)14-12-24(23,2)13-16-28(22,29)6/h19,21-23,31H,8-18H2,1-7H3/t19-,21+,22-,23+,24+,25+,26+,27-,28+,29-/m0/s1. The lowest BCUT2D eigenvalue weighted by Gasteiger charge is -2.74. The first-order chi connectivity index (χ1) is 14.2. The van der Waals surface area contributed by atoms with Crippen LogP contribution in [-0.2, 0) is 4.79 Å². The molecule has 10 atom stereocenters. The first-order valence-electron chi connectivity index (χ1n) is 13.5. The molecule has 0 aromatic carbocycles. The van der Waals surface area contributed by atoms with Crippen molar-refractivity contribution in [1.82, 2.24) is 0 Å². The highest BCUT2D eigenvalue weighted by Crippen LogP contribution is 2.77. The van der Waals surface area contributed by atoms with E-state index >= 15 is 0 Å². The summed E-state index contributed by atoms with van der Waals surface area (Å²) >= 11 is 0. The number of hydrogen-bond acceptors (Lipinski definition) is 2. The lowest BCUT2D eigenvalue weighted by atomic mass is 9.30. The second-order valence-electron chi connectivity index (χ2n) is 14.6. The minimum atomic E-state index is -0.490. The maximum absolute atomic E-state index is 12.7. The molecule has 0 heterocycles. The number of aliphatic hydroxyl groups is 1. The summed E-state index contributed by atoms with van der Waals surface area (Å²) in [4.78, 5) is 12.7. The van der Waals surface area contributed by atoms with E-state index < -0.39 is 5.60 Å². The highest BCUT2D eigenvalue weighted by atomic mass is 16.3. The van der Waals surface area contributed by atoms with Gasteiger partial charge >= 0.3 is 0 Å². The van der Waals surface area contributed by atoms with Gasteiger partial charge in [0.1, 0.15) is 5.78 Å². The molecule has 0 aliphatic heterocycles. The third-order valence-electron chi connectivity index (χ3n) is 13.5. The number of carbonyl (C=O) groups excluding carboxylic acids is 1. The van der Waals surface area contributed by atoms with Crippen molar-refractivity contribution in [1.29, 1.82) is 0 Å². The van der Waals surface area contributed by atoms with Gasteiger partial charge in [0.25, 0.3) is 0 Å². The Labute approximate surface area is 191 Å². The van der Waals surface area contributed by atoms with Crippen LogP contribution in [0.1, 0.15) is 119 Å². The zero-order valence-electron chi connectivity index (χ0n) is 21.4. The molecule has 2 heteroatoms. The molecule has 0 saturated heterocycles. The van der Waals surface area contributed by atoms with Crippen molar-refractivity contribution in [3.05, 3.63) is 0 Å². The predicted octanol–water partition coefficient (Wildman–Crippen LogP) is 7.18. The van der Waals surface area contributed by atoms with Crippen LogP contribution in [0, 0.1) is 50.7 Å². The Bertz CT molecular complexity index is 786. The molecule has 5 aliphatic rings. The van der Waals surface area contributed by atoms with E-state index in [1.165, 1.54) is 44.9 Å². The molecule has 5 saturated carbocycles. The zero-order chi connectivity index (χ0) is 22.7. The fraction of sp³-hybridized carbons (Fsp3) is 0.966. The van der Waals surface area contributed by atoms with Crippen molar-refractivity contribution in [3.8, 4) is 0 Å². The molecule has 0 unspecified atom stereocenters. The lowest BCUT2D eigenvalue weighted by Crippen LogP contribution is -2.68. The Morgan fingerprint density at radius 2 is 1.32 bits per heavy atom. The van der Waals surface area contributed by atoms with Gasteiger partial charge < -0.3 is 5.11 Å². The van der Waals surface area contributed by atoms with Gasteiger partial charge in [0, 0.05) is 12.3 Å². The van der Waals surface area contributed by atoms with Gasteiger partial charge in [-0.2, -0.15) is 0 Å². The van der Waals surface area contributed by atoms with Gasteiger partial charge in [0.15, 0.2) is 0 Å². The molecule has 176 valence electrons. The van der Waals surface area contributed by atoms with Crippen LogP contribution in [0.15, 0.2) is 0 Å². The number of carbonyl (C=O) groups is 1. The fourth-order valence-corrected chi connectivity index (χ4v) is 11.0. The molecule has 0 bridgehead atoms. The van der Waals surface area contributed by atoms with Gasteiger partial charge in [-0.05, 0) is 116 Å². The largest absolute Gasteiger partial charge is 0.390 e. The van der Waals surface area contributed by atoms with Crippen LogP contribution in [0.3, 0.4) is 0 Å². The Hall–Kier alpha value is -0.370. The van der Waals surface area contributed by atoms with E-state index in [0.29, 0.717) is 39.3 Å². The molecule has 5 fully saturated rings. The van der Waals surface area contributed by atoms with Crippen LogP contribution >= 0.6 is 0 Å². The Kier molecular flexibility index (Phi) is 4.63. The predicted molar refractivity (Wildman–Crippen MR) is 127 cm³/mol. The van der Waals surface area contributed by atoms with Gasteiger partial charge in [-0.1, -0.05) is 41.5 Å². The fourth-order valence-electron chi connectivity index (χ4n) is 11.0. The van der Waals surface area contributed by atoms with E-state index in [4.69, 9.17) is 0 Å². The minimum absolute atomic E-state index is 0.197. The van der Waals surface area contributed by atoms with Crippen molar-refractivity contribution < 1.29 is 9.90 Å². The van der Waals surface area contributed by atoms with Crippen LogP contribution in [0.4, 0.5) is 0 Å². The quantitative estimate of drug-likeness (QED) is 0.443. The molecule has 1 N–H and O–H groups in total. The van der Waals surface area contributed by atoms with E-state index in [1.54, 1.807) is 0 Å². The number of ketones is 1. The second kappa shape index (κ2) is 6.39. The molecule has 0 radical (unpaired) electrons. The van der Waals surface area contributed by atoms with Gasteiger partial charge in [-0.3, -0.25) is 4.79 Å². The molecule has 0 spiro atoms. The Morgan fingerprint density at radius 1 is 0.710 bits per heavy atom. The monoisotopic (exact) mass is 428 g/mol. The first kappa shape index (κ1) is 22.4. The Morgan fingerprint density at radius 3 is 2.03 bits per heavy atom. The van der Waals surface area contributed by atoms with Crippen molar-refractivity contribution >= 4 is 5.78 Å². The molecule has 5 aliphatic carbocycles. The number of hydrogen-bond donors (Lipinski definition) is 1. The van der Waals surface area contributed by atoms with Crippen LogP contribution in [0.25, 0.3) is 0 Å². The van der Waals surface area contributed by atoms with Crippen LogP contribution in [0.2, 0.25) is 0 Å². The summed E-state index contributed by atoms with van der Waals surface area (Å²) < 4.78 is 0. The SMILES string of the molecule is C[C@H]1C(=O)CC[C@@H]2[C@]1(C)CC[C@H]1[C@@]2(C)CC[C@@]2(C)[C@@H]3C[C@](C)(O)CC[C@]3(C)CC[C@]12C. The van der Waals surface area contributed by atoms with E-state index in [2.05, 4.69) is 48.5 Å². The molecular formula is C29H48O2. The summed E-state index contributed by atoms with van der Waals surface area (Å²) in [6.45, 7) is 17.3. The van der Waals surface area contributed by atoms with Gasteiger partial charge in [-0.15, -0.1) is 0 Å². The van der Waals surface area contributed by atoms with E-state index in [-0.39, 0.29) is 11.3 Å². The zero-order valence-corrected chi connectivity index (χ0v) is 21.4. The molecule has 31 heavy (non-hydrogen) atoms. The van der Waals surface area contributed by atoms with Crippen LogP contribution in [0.5, 0.6) is 0 Å². The van der Waals surface area contributed by atoms with E-state index in [1.807, 2.05) is 0 Å². The maximum atomic E-state index is 12.7. The average Bonchev–Trinajstić information content (AvgIpc) is 2.69. The van der Waals surface area contributed by atoms with E-state index in [0.717, 1.165) is 31.6 Å². The van der Waals surface area contributed by atoms with Gasteiger partial charge in [0.2, 0.25) is 0 Å². The molecule has 5 rings (SSSR count). The normalized spacial score (nSPS) is 61.6. The maximum Gasteiger partial charge on any atom is 0.136 e. The second-order valence-corrected chi connectivity index (χ2v) is 14.6. The molecular weight excluding hydrogens is 380 g/mol. The highest BCUT2D eigenvalue weighted by Gasteiger charge is 2.70. The third kappa shape index (κ3) is 2.69. The smallest absolute Gasteiger partial charge is 0.136 e. The summed E-state index contributed by atoms with van der Waals surface area (Å²) in [6, 6.07) is 0. The summed E-state index contributed by atoms with van der Waals surface area (Å²) in [7, 11) is 0. The first-order valence-corrected chi connectivity index (χ1v) is 13.5. The number of fused-ring (bicyclic) bond motifs is 7. The molecule has 0 aromatic heterocycles. The minimum Gasteiger partial charge on any atom is -0.390 e. The summed E-state index contributed by atoms with van der Waals surface area (Å²) in [6.07, 6.45) is 12.9. The summed E-state index contributed by atoms with van der Waals surface area (Å²) in [5.41, 5.74) is 1.14. The Balaban J connectivity index is 1.55. The summed E-state index contributed by atoms with van der Waals surface area (Å²) in [5, 5.41) is 11.1. The topological polar surface area (TPSA) is 37.3 Å².